The van der Waals surface area contributed by atoms with Crippen LogP contribution < -0.4 is 0 Å². The number of benzene rings is 1. The minimum atomic E-state index is 1.17. The van der Waals surface area contributed by atoms with Gasteiger partial charge in [-0.1, -0.05) is 60.2 Å². The van der Waals surface area contributed by atoms with E-state index in [1.807, 2.05) is 0 Å². The van der Waals surface area contributed by atoms with Crippen LogP contribution in [-0.2, 0) is 0 Å². The SMILES string of the molecule is Cc1ccc(C=CC2=CCCC=C2)cc1. The van der Waals surface area contributed by atoms with Crippen LogP contribution in [0.5, 0.6) is 0 Å². The molecule has 0 atom stereocenters. The molecule has 0 heterocycles. The maximum atomic E-state index is 2.28. The minimum absolute atomic E-state index is 1.17. The van der Waals surface area contributed by atoms with Crippen molar-refractivity contribution in [3.63, 3.8) is 0 Å². The zero-order valence-electron chi connectivity index (χ0n) is 9.11. The van der Waals surface area contributed by atoms with Gasteiger partial charge in [0.25, 0.3) is 0 Å². The molecule has 0 saturated carbocycles. The lowest BCUT2D eigenvalue weighted by Crippen LogP contribution is -1.80. The molecule has 0 radical (unpaired) electrons. The van der Waals surface area contributed by atoms with Crippen molar-refractivity contribution < 1.29 is 0 Å². The summed E-state index contributed by atoms with van der Waals surface area (Å²) in [5.41, 5.74) is 3.89. The lowest BCUT2D eigenvalue weighted by Gasteiger charge is -2.01. The van der Waals surface area contributed by atoms with Gasteiger partial charge in [-0.2, -0.15) is 0 Å². The molecule has 0 unspecified atom stereocenters. The van der Waals surface area contributed by atoms with Gasteiger partial charge in [0.15, 0.2) is 0 Å². The van der Waals surface area contributed by atoms with Crippen molar-refractivity contribution in [2.75, 3.05) is 0 Å². The number of allylic oxidation sites excluding steroid dienone is 5. The minimum Gasteiger partial charge on any atom is -0.0836 e. The summed E-state index contributed by atoms with van der Waals surface area (Å²) in [6, 6.07) is 8.59. The second-order valence-electron chi connectivity index (χ2n) is 3.93. The van der Waals surface area contributed by atoms with E-state index >= 15 is 0 Å². The first-order valence-electron chi connectivity index (χ1n) is 5.46. The number of hydrogen-bond acceptors (Lipinski definition) is 0. The monoisotopic (exact) mass is 196 g/mol. The molecular weight excluding hydrogens is 180 g/mol. The summed E-state index contributed by atoms with van der Waals surface area (Å²) in [4.78, 5) is 0. The molecule has 15 heavy (non-hydrogen) atoms. The molecule has 0 nitrogen and oxygen atoms in total. The molecule has 0 heteroatoms. The van der Waals surface area contributed by atoms with Crippen LogP contribution in [0.25, 0.3) is 6.08 Å². The van der Waals surface area contributed by atoms with Crippen molar-refractivity contribution in [3.05, 3.63) is 65.3 Å². The highest BCUT2D eigenvalue weighted by atomic mass is 14.0. The largest absolute Gasteiger partial charge is 0.0836 e. The van der Waals surface area contributed by atoms with E-state index in [9.17, 15) is 0 Å². The number of aryl methyl sites for hydroxylation is 1. The van der Waals surface area contributed by atoms with Gasteiger partial charge in [0.2, 0.25) is 0 Å². The average molecular weight is 196 g/mol. The van der Waals surface area contributed by atoms with Crippen molar-refractivity contribution in [2.45, 2.75) is 19.8 Å². The third-order valence-electron chi connectivity index (χ3n) is 2.57. The molecule has 2 rings (SSSR count). The van der Waals surface area contributed by atoms with Gasteiger partial charge in [-0.15, -0.1) is 0 Å². The molecular formula is C15H16. The van der Waals surface area contributed by atoms with Crippen LogP contribution in [0.2, 0.25) is 0 Å². The topological polar surface area (TPSA) is 0 Å². The lowest BCUT2D eigenvalue weighted by molar-refractivity contribution is 1.03. The lowest BCUT2D eigenvalue weighted by atomic mass is 10.1. The van der Waals surface area contributed by atoms with Crippen LogP contribution in [0.15, 0.2) is 54.1 Å². The molecule has 76 valence electrons. The molecule has 0 aromatic heterocycles. The van der Waals surface area contributed by atoms with Crippen LogP contribution in [0.1, 0.15) is 24.0 Å². The van der Waals surface area contributed by atoms with E-state index in [1.54, 1.807) is 0 Å². The van der Waals surface area contributed by atoms with E-state index in [-0.39, 0.29) is 0 Å². The third kappa shape index (κ3) is 2.95. The molecule has 1 aliphatic rings. The Morgan fingerprint density at radius 3 is 2.47 bits per heavy atom. The summed E-state index contributed by atoms with van der Waals surface area (Å²) < 4.78 is 0. The molecule has 1 aromatic carbocycles. The van der Waals surface area contributed by atoms with E-state index in [0.717, 1.165) is 0 Å². The van der Waals surface area contributed by atoms with Crippen molar-refractivity contribution in [3.8, 4) is 0 Å². The van der Waals surface area contributed by atoms with Crippen molar-refractivity contribution in [2.24, 2.45) is 0 Å². The van der Waals surface area contributed by atoms with Crippen molar-refractivity contribution in [1.29, 1.82) is 0 Å². The molecule has 0 spiro atoms. The first kappa shape index (κ1) is 9.97. The van der Waals surface area contributed by atoms with Gasteiger partial charge in [0, 0.05) is 0 Å². The van der Waals surface area contributed by atoms with Gasteiger partial charge >= 0.3 is 0 Å². The Balaban J connectivity index is 2.08. The third-order valence-corrected chi connectivity index (χ3v) is 2.57. The Hall–Kier alpha value is -1.56. The maximum Gasteiger partial charge on any atom is -0.0256 e. The summed E-state index contributed by atoms with van der Waals surface area (Å²) >= 11 is 0. The second-order valence-corrected chi connectivity index (χ2v) is 3.93. The highest BCUT2D eigenvalue weighted by Crippen LogP contribution is 2.13. The van der Waals surface area contributed by atoms with E-state index < -0.39 is 0 Å². The highest BCUT2D eigenvalue weighted by Gasteiger charge is 1.92. The fraction of sp³-hybridized carbons (Fsp3) is 0.200. The summed E-state index contributed by atoms with van der Waals surface area (Å²) in [7, 11) is 0. The fourth-order valence-electron chi connectivity index (χ4n) is 1.63. The summed E-state index contributed by atoms with van der Waals surface area (Å²) in [5.74, 6) is 0. The summed E-state index contributed by atoms with van der Waals surface area (Å²) in [6.45, 7) is 2.11. The van der Waals surface area contributed by atoms with Gasteiger partial charge in [-0.3, -0.25) is 0 Å². The Morgan fingerprint density at radius 2 is 1.80 bits per heavy atom. The molecule has 0 aliphatic heterocycles. The summed E-state index contributed by atoms with van der Waals surface area (Å²) in [5, 5.41) is 0. The number of hydrogen-bond donors (Lipinski definition) is 0. The van der Waals surface area contributed by atoms with E-state index in [1.165, 1.54) is 29.5 Å². The molecule has 0 amide bonds. The van der Waals surface area contributed by atoms with Crippen LogP contribution in [0.4, 0.5) is 0 Å². The van der Waals surface area contributed by atoms with E-state index in [2.05, 4.69) is 61.6 Å². The first-order chi connectivity index (χ1) is 7.34. The van der Waals surface area contributed by atoms with Gasteiger partial charge in [-0.05, 0) is 30.9 Å². The Kier molecular flexibility index (Phi) is 3.18. The van der Waals surface area contributed by atoms with Gasteiger partial charge in [-0.25, -0.2) is 0 Å². The molecule has 0 saturated heterocycles. The molecule has 0 fully saturated rings. The number of rotatable bonds is 2. The predicted molar refractivity (Wildman–Crippen MR) is 66.7 cm³/mol. The van der Waals surface area contributed by atoms with Crippen LogP contribution in [0, 0.1) is 6.92 Å². The summed E-state index contributed by atoms with van der Waals surface area (Å²) in [6.07, 6.45) is 13.4. The molecule has 1 aliphatic carbocycles. The van der Waals surface area contributed by atoms with E-state index in [0.29, 0.717) is 0 Å². The smallest absolute Gasteiger partial charge is 0.0256 e. The normalized spacial score (nSPS) is 15.7. The van der Waals surface area contributed by atoms with E-state index in [4.69, 9.17) is 0 Å². The average Bonchev–Trinajstić information content (AvgIpc) is 2.30. The van der Waals surface area contributed by atoms with Crippen molar-refractivity contribution >= 4 is 6.08 Å². The second kappa shape index (κ2) is 4.79. The maximum absolute atomic E-state index is 2.28. The van der Waals surface area contributed by atoms with Crippen LogP contribution >= 0.6 is 0 Å². The zero-order valence-corrected chi connectivity index (χ0v) is 9.11. The standard InChI is InChI=1S/C15H16/c1-13-7-9-15(10-8-13)12-11-14-5-3-2-4-6-14/h3,5-12H,2,4H2,1H3. The van der Waals surface area contributed by atoms with Crippen molar-refractivity contribution in [1.82, 2.24) is 0 Å². The molecule has 0 N–H and O–H groups in total. The zero-order chi connectivity index (χ0) is 10.5. The van der Waals surface area contributed by atoms with Crippen LogP contribution in [0.3, 0.4) is 0 Å². The highest BCUT2D eigenvalue weighted by molar-refractivity contribution is 5.55. The first-order valence-corrected chi connectivity index (χ1v) is 5.46. The van der Waals surface area contributed by atoms with Gasteiger partial charge in [0.05, 0.1) is 0 Å². The molecule has 0 bridgehead atoms. The Labute approximate surface area is 91.6 Å². The van der Waals surface area contributed by atoms with Gasteiger partial charge in [0.1, 0.15) is 0 Å². The van der Waals surface area contributed by atoms with Gasteiger partial charge < -0.3 is 0 Å². The Bertz CT molecular complexity index is 402. The fourth-order valence-corrected chi connectivity index (χ4v) is 1.63. The quantitative estimate of drug-likeness (QED) is 0.662. The molecule has 1 aromatic rings. The Morgan fingerprint density at radius 1 is 1.00 bits per heavy atom. The predicted octanol–water partition coefficient (Wildman–Crippen LogP) is 4.28. The van der Waals surface area contributed by atoms with Crippen LogP contribution in [-0.4, -0.2) is 0 Å².